The molecule has 0 aliphatic heterocycles. The number of rotatable bonds is 6. The van der Waals surface area contributed by atoms with Crippen LogP contribution in [-0.2, 0) is 7.05 Å². The summed E-state index contributed by atoms with van der Waals surface area (Å²) in [7, 11) is 3.59. The van der Waals surface area contributed by atoms with Gasteiger partial charge in [-0.2, -0.15) is 5.10 Å². The van der Waals surface area contributed by atoms with E-state index in [2.05, 4.69) is 39.9 Å². The summed E-state index contributed by atoms with van der Waals surface area (Å²) in [5.41, 5.74) is 2.14. The molecule has 1 unspecified atom stereocenters. The van der Waals surface area contributed by atoms with Crippen LogP contribution >= 0.6 is 34.2 Å². The molecule has 2 rings (SSSR count). The normalized spacial score (nSPS) is 12.4. The Labute approximate surface area is 144 Å². The molecule has 4 nitrogen and oxygen atoms in total. The van der Waals surface area contributed by atoms with Crippen molar-refractivity contribution in [2.75, 3.05) is 13.7 Å². The second-order valence-corrected chi connectivity index (χ2v) is 6.37. The Balaban J connectivity index is 2.52. The molecule has 2 aromatic rings. The zero-order chi connectivity index (χ0) is 15.4. The minimum atomic E-state index is -0.00185. The predicted octanol–water partition coefficient (Wildman–Crippen LogP) is 3.78. The van der Waals surface area contributed by atoms with Crippen LogP contribution in [0.4, 0.5) is 0 Å². The molecule has 114 valence electrons. The first-order chi connectivity index (χ1) is 10.1. The van der Waals surface area contributed by atoms with Gasteiger partial charge < -0.3 is 10.1 Å². The standard InChI is InChI=1S/C15H19ClIN3O/c1-4-7-18-14(11-8-10(16)5-6-12(11)17)15-13(21-3)9-19-20(15)2/h5-6,8-9,14,18H,4,7H2,1-3H3. The van der Waals surface area contributed by atoms with Crippen molar-refractivity contribution in [1.29, 1.82) is 0 Å². The molecular weight excluding hydrogens is 401 g/mol. The first-order valence-electron chi connectivity index (χ1n) is 6.82. The van der Waals surface area contributed by atoms with Crippen LogP contribution in [0.1, 0.15) is 30.6 Å². The molecule has 0 amide bonds. The van der Waals surface area contributed by atoms with Gasteiger partial charge in [0, 0.05) is 15.6 Å². The molecule has 1 N–H and O–H groups in total. The Morgan fingerprint density at radius 2 is 2.24 bits per heavy atom. The van der Waals surface area contributed by atoms with Crippen molar-refractivity contribution in [2.45, 2.75) is 19.4 Å². The number of aryl methyl sites for hydroxylation is 1. The van der Waals surface area contributed by atoms with Crippen LogP contribution in [-0.4, -0.2) is 23.4 Å². The maximum atomic E-state index is 6.18. The lowest BCUT2D eigenvalue weighted by molar-refractivity contribution is 0.400. The quantitative estimate of drug-likeness (QED) is 0.724. The number of aromatic nitrogens is 2. The minimum Gasteiger partial charge on any atom is -0.493 e. The maximum absolute atomic E-state index is 6.18. The summed E-state index contributed by atoms with van der Waals surface area (Å²) in [6.07, 6.45) is 2.79. The topological polar surface area (TPSA) is 39.1 Å². The van der Waals surface area contributed by atoms with Crippen molar-refractivity contribution < 1.29 is 4.74 Å². The van der Waals surface area contributed by atoms with E-state index in [9.17, 15) is 0 Å². The maximum Gasteiger partial charge on any atom is 0.161 e. The average Bonchev–Trinajstić information content (AvgIpc) is 2.84. The van der Waals surface area contributed by atoms with Gasteiger partial charge in [-0.1, -0.05) is 18.5 Å². The SMILES string of the molecule is CCCNC(c1cc(Cl)ccc1I)c1c(OC)cnn1C. The summed E-state index contributed by atoms with van der Waals surface area (Å²) < 4.78 is 8.47. The third-order valence-electron chi connectivity index (χ3n) is 3.31. The molecule has 1 heterocycles. The molecule has 1 aromatic carbocycles. The molecule has 21 heavy (non-hydrogen) atoms. The van der Waals surface area contributed by atoms with Crippen LogP contribution in [0.5, 0.6) is 5.75 Å². The first-order valence-corrected chi connectivity index (χ1v) is 8.28. The fourth-order valence-corrected chi connectivity index (χ4v) is 3.12. The van der Waals surface area contributed by atoms with Gasteiger partial charge in [0.05, 0.1) is 19.3 Å². The van der Waals surface area contributed by atoms with Gasteiger partial charge >= 0.3 is 0 Å². The smallest absolute Gasteiger partial charge is 0.161 e. The van der Waals surface area contributed by atoms with Gasteiger partial charge in [0.25, 0.3) is 0 Å². The second kappa shape index (κ2) is 7.47. The van der Waals surface area contributed by atoms with E-state index in [1.807, 2.05) is 29.9 Å². The van der Waals surface area contributed by atoms with Crippen LogP contribution < -0.4 is 10.1 Å². The number of benzene rings is 1. The Morgan fingerprint density at radius 1 is 1.48 bits per heavy atom. The average molecular weight is 420 g/mol. The zero-order valence-corrected chi connectivity index (χ0v) is 15.3. The fraction of sp³-hybridized carbons (Fsp3) is 0.400. The second-order valence-electron chi connectivity index (χ2n) is 4.77. The van der Waals surface area contributed by atoms with E-state index in [1.54, 1.807) is 13.3 Å². The molecule has 0 spiro atoms. The largest absolute Gasteiger partial charge is 0.493 e. The van der Waals surface area contributed by atoms with Crippen LogP contribution in [0.15, 0.2) is 24.4 Å². The van der Waals surface area contributed by atoms with Crippen molar-refractivity contribution in [3.63, 3.8) is 0 Å². The van der Waals surface area contributed by atoms with Gasteiger partial charge in [-0.05, 0) is 59.3 Å². The Hall–Kier alpha value is -0.790. The van der Waals surface area contributed by atoms with Crippen LogP contribution in [0.3, 0.4) is 0 Å². The number of ether oxygens (including phenoxy) is 1. The van der Waals surface area contributed by atoms with Gasteiger partial charge in [-0.15, -0.1) is 0 Å². The Morgan fingerprint density at radius 3 is 2.90 bits per heavy atom. The number of nitrogens with zero attached hydrogens (tertiary/aromatic N) is 2. The highest BCUT2D eigenvalue weighted by Gasteiger charge is 2.24. The molecule has 0 saturated carbocycles. The van der Waals surface area contributed by atoms with Crippen molar-refractivity contribution in [1.82, 2.24) is 15.1 Å². The summed E-state index contributed by atoms with van der Waals surface area (Å²) in [5.74, 6) is 0.780. The third kappa shape index (κ3) is 3.70. The molecule has 0 saturated heterocycles. The Bertz CT molecular complexity index is 615. The number of methoxy groups -OCH3 is 1. The van der Waals surface area contributed by atoms with E-state index in [0.29, 0.717) is 0 Å². The molecule has 1 atom stereocenters. The van der Waals surface area contributed by atoms with E-state index in [4.69, 9.17) is 16.3 Å². The van der Waals surface area contributed by atoms with Crippen molar-refractivity contribution in [3.8, 4) is 5.75 Å². The highest BCUT2D eigenvalue weighted by molar-refractivity contribution is 14.1. The molecule has 0 bridgehead atoms. The molecule has 0 fully saturated rings. The third-order valence-corrected chi connectivity index (χ3v) is 4.53. The van der Waals surface area contributed by atoms with Gasteiger partial charge in [0.15, 0.2) is 5.75 Å². The highest BCUT2D eigenvalue weighted by atomic mass is 127. The van der Waals surface area contributed by atoms with Crippen LogP contribution in [0, 0.1) is 3.57 Å². The van der Waals surface area contributed by atoms with Gasteiger partial charge in [-0.3, -0.25) is 4.68 Å². The van der Waals surface area contributed by atoms with Crippen LogP contribution in [0.2, 0.25) is 5.02 Å². The summed E-state index contributed by atoms with van der Waals surface area (Å²) >= 11 is 8.52. The first kappa shape index (κ1) is 16.6. The Kier molecular flexibility index (Phi) is 5.89. The number of nitrogens with one attached hydrogen (secondary N) is 1. The molecule has 6 heteroatoms. The van der Waals surface area contributed by atoms with Gasteiger partial charge in [0.2, 0.25) is 0 Å². The molecular formula is C15H19ClIN3O. The predicted molar refractivity (Wildman–Crippen MR) is 94.1 cm³/mol. The zero-order valence-electron chi connectivity index (χ0n) is 12.4. The monoisotopic (exact) mass is 419 g/mol. The minimum absolute atomic E-state index is 0.00185. The fourth-order valence-electron chi connectivity index (χ4n) is 2.29. The van der Waals surface area contributed by atoms with E-state index in [1.165, 1.54) is 0 Å². The number of halogens is 2. The van der Waals surface area contributed by atoms with E-state index < -0.39 is 0 Å². The van der Waals surface area contributed by atoms with Crippen LogP contribution in [0.25, 0.3) is 0 Å². The van der Waals surface area contributed by atoms with Gasteiger partial charge in [0.1, 0.15) is 5.69 Å². The van der Waals surface area contributed by atoms with E-state index >= 15 is 0 Å². The summed E-state index contributed by atoms with van der Waals surface area (Å²) in [6, 6.07) is 5.94. The lowest BCUT2D eigenvalue weighted by atomic mass is 10.0. The summed E-state index contributed by atoms with van der Waals surface area (Å²) in [6.45, 7) is 3.05. The number of hydrogen-bond acceptors (Lipinski definition) is 3. The summed E-state index contributed by atoms with van der Waals surface area (Å²) in [5, 5.41) is 8.61. The lowest BCUT2D eigenvalue weighted by Gasteiger charge is -2.22. The van der Waals surface area contributed by atoms with Gasteiger partial charge in [-0.25, -0.2) is 0 Å². The lowest BCUT2D eigenvalue weighted by Crippen LogP contribution is -2.26. The van der Waals surface area contributed by atoms with Crippen molar-refractivity contribution in [2.24, 2.45) is 7.05 Å². The molecule has 1 aromatic heterocycles. The molecule has 0 aliphatic rings. The number of hydrogen-bond donors (Lipinski definition) is 1. The van der Waals surface area contributed by atoms with E-state index in [-0.39, 0.29) is 6.04 Å². The molecule has 0 aliphatic carbocycles. The van der Waals surface area contributed by atoms with E-state index in [0.717, 1.165) is 38.6 Å². The highest BCUT2D eigenvalue weighted by Crippen LogP contribution is 2.33. The van der Waals surface area contributed by atoms with Crippen molar-refractivity contribution in [3.05, 3.63) is 44.2 Å². The summed E-state index contributed by atoms with van der Waals surface area (Å²) in [4.78, 5) is 0. The molecule has 0 radical (unpaired) electrons. The van der Waals surface area contributed by atoms with Crippen molar-refractivity contribution >= 4 is 34.2 Å².